The number of carbonyl (C=O) groups excluding carboxylic acids is 1. The van der Waals surface area contributed by atoms with Gasteiger partial charge in [-0.25, -0.2) is 9.50 Å². The first-order valence-corrected chi connectivity index (χ1v) is 9.81. The Kier molecular flexibility index (Phi) is 5.19. The summed E-state index contributed by atoms with van der Waals surface area (Å²) in [4.78, 5) is 23.4. The number of carbonyl (C=O) groups is 1. The summed E-state index contributed by atoms with van der Waals surface area (Å²) in [6.45, 7) is 5.71. The van der Waals surface area contributed by atoms with Crippen LogP contribution in [-0.2, 0) is 4.79 Å². The fourth-order valence-electron chi connectivity index (χ4n) is 3.55. The SMILES string of the molecule is Cc1cc(C)n2nc(SC(C)C(=O)N(C)C3(C#N)CCCCC3)nc2n1. The second-order valence-electron chi connectivity index (χ2n) is 7.01. The van der Waals surface area contributed by atoms with Crippen molar-refractivity contribution in [2.75, 3.05) is 7.05 Å². The van der Waals surface area contributed by atoms with Gasteiger partial charge < -0.3 is 4.90 Å². The van der Waals surface area contributed by atoms with Crippen LogP contribution in [0.2, 0.25) is 0 Å². The number of thioether (sulfide) groups is 1. The first-order valence-electron chi connectivity index (χ1n) is 8.93. The quantitative estimate of drug-likeness (QED) is 0.767. The third-order valence-electron chi connectivity index (χ3n) is 5.09. The van der Waals surface area contributed by atoms with E-state index in [2.05, 4.69) is 21.1 Å². The van der Waals surface area contributed by atoms with Crippen LogP contribution in [-0.4, -0.2) is 48.2 Å². The van der Waals surface area contributed by atoms with Crippen LogP contribution in [0.15, 0.2) is 11.2 Å². The topological polar surface area (TPSA) is 87.2 Å². The van der Waals surface area contributed by atoms with Crippen molar-refractivity contribution in [3.05, 3.63) is 17.5 Å². The molecule has 0 bridgehead atoms. The maximum absolute atomic E-state index is 12.9. The molecule has 3 rings (SSSR count). The molecular weight excluding hydrogens is 348 g/mol. The molecule has 0 aliphatic heterocycles. The van der Waals surface area contributed by atoms with Crippen LogP contribution in [0.25, 0.3) is 5.78 Å². The molecule has 2 heterocycles. The lowest BCUT2D eigenvalue weighted by molar-refractivity contribution is -0.133. The van der Waals surface area contributed by atoms with E-state index >= 15 is 0 Å². The van der Waals surface area contributed by atoms with Gasteiger partial charge in [-0.2, -0.15) is 10.2 Å². The van der Waals surface area contributed by atoms with Crippen molar-refractivity contribution in [3.8, 4) is 6.07 Å². The molecular formula is C18H24N6OS. The maximum Gasteiger partial charge on any atom is 0.253 e. The van der Waals surface area contributed by atoms with Gasteiger partial charge in [0.25, 0.3) is 5.78 Å². The van der Waals surface area contributed by atoms with Gasteiger partial charge in [-0.1, -0.05) is 31.0 Å². The average molecular weight is 372 g/mol. The molecule has 1 atom stereocenters. The Morgan fingerprint density at radius 2 is 2.04 bits per heavy atom. The molecule has 1 aliphatic rings. The second-order valence-corrected chi connectivity index (χ2v) is 8.31. The monoisotopic (exact) mass is 372 g/mol. The Balaban J connectivity index is 1.77. The summed E-state index contributed by atoms with van der Waals surface area (Å²) in [6.07, 6.45) is 4.61. The molecule has 8 heteroatoms. The molecule has 0 spiro atoms. The number of hydrogen-bond acceptors (Lipinski definition) is 6. The van der Waals surface area contributed by atoms with Crippen LogP contribution >= 0.6 is 11.8 Å². The summed E-state index contributed by atoms with van der Waals surface area (Å²) in [6, 6.07) is 4.35. The molecule has 0 N–H and O–H groups in total. The number of nitrogens with zero attached hydrogens (tertiary/aromatic N) is 6. The van der Waals surface area contributed by atoms with Gasteiger partial charge in [-0.3, -0.25) is 4.79 Å². The molecule has 1 fully saturated rings. The van der Waals surface area contributed by atoms with Crippen molar-refractivity contribution in [1.29, 1.82) is 5.26 Å². The Hall–Kier alpha value is -2.14. The number of amides is 1. The molecule has 138 valence electrons. The lowest BCUT2D eigenvalue weighted by Crippen LogP contribution is -2.52. The van der Waals surface area contributed by atoms with Crippen molar-refractivity contribution in [2.45, 2.75) is 68.8 Å². The van der Waals surface area contributed by atoms with Crippen LogP contribution in [0.5, 0.6) is 0 Å². The molecule has 0 saturated heterocycles. The van der Waals surface area contributed by atoms with Gasteiger partial charge in [0.15, 0.2) is 0 Å². The summed E-state index contributed by atoms with van der Waals surface area (Å²) >= 11 is 1.31. The zero-order chi connectivity index (χ0) is 18.9. The van der Waals surface area contributed by atoms with Crippen LogP contribution in [0, 0.1) is 25.2 Å². The van der Waals surface area contributed by atoms with E-state index in [1.807, 2.05) is 26.8 Å². The Labute approximate surface area is 157 Å². The minimum Gasteiger partial charge on any atom is -0.326 e. The molecule has 26 heavy (non-hydrogen) atoms. The molecule has 2 aromatic rings. The van der Waals surface area contributed by atoms with E-state index < -0.39 is 5.54 Å². The van der Waals surface area contributed by atoms with Crippen molar-refractivity contribution in [2.24, 2.45) is 0 Å². The highest BCUT2D eigenvalue weighted by atomic mass is 32.2. The minimum absolute atomic E-state index is 0.0573. The molecule has 2 aromatic heterocycles. The second kappa shape index (κ2) is 7.23. The molecule has 1 amide bonds. The number of hydrogen-bond donors (Lipinski definition) is 0. The Morgan fingerprint density at radius 1 is 1.35 bits per heavy atom. The van der Waals surface area contributed by atoms with Gasteiger partial charge in [0, 0.05) is 18.4 Å². The highest BCUT2D eigenvalue weighted by Gasteiger charge is 2.40. The summed E-state index contributed by atoms with van der Waals surface area (Å²) in [5.74, 6) is 0.483. The fraction of sp³-hybridized carbons (Fsp3) is 0.611. The summed E-state index contributed by atoms with van der Waals surface area (Å²) < 4.78 is 1.69. The zero-order valence-corrected chi connectivity index (χ0v) is 16.5. The number of aryl methyl sites for hydroxylation is 2. The minimum atomic E-state index is -0.675. The molecule has 1 aliphatic carbocycles. The summed E-state index contributed by atoms with van der Waals surface area (Å²) in [5.41, 5.74) is 1.16. The van der Waals surface area contributed by atoms with E-state index in [1.54, 1.807) is 16.5 Å². The standard InChI is InChI=1S/C18H24N6OS/c1-12-10-13(2)24-16(20-12)21-17(22-24)26-14(3)15(25)23(4)18(11-19)8-6-5-7-9-18/h10,14H,5-9H2,1-4H3. The lowest BCUT2D eigenvalue weighted by atomic mass is 9.81. The summed E-state index contributed by atoms with van der Waals surface area (Å²) in [5, 5.41) is 14.3. The molecule has 0 radical (unpaired) electrons. The predicted molar refractivity (Wildman–Crippen MR) is 99.8 cm³/mol. The number of nitriles is 1. The predicted octanol–water partition coefficient (Wildman–Crippen LogP) is 2.91. The third-order valence-corrected chi connectivity index (χ3v) is 6.03. The van der Waals surface area contributed by atoms with Gasteiger partial charge in [-0.05, 0) is 39.7 Å². The first-order chi connectivity index (χ1) is 12.4. The molecule has 0 aromatic carbocycles. The Morgan fingerprint density at radius 3 is 2.69 bits per heavy atom. The highest BCUT2D eigenvalue weighted by molar-refractivity contribution is 8.00. The lowest BCUT2D eigenvalue weighted by Gasteiger charge is -2.39. The van der Waals surface area contributed by atoms with E-state index in [-0.39, 0.29) is 11.2 Å². The first kappa shape index (κ1) is 18.6. The maximum atomic E-state index is 12.9. The van der Waals surface area contributed by atoms with Gasteiger partial charge in [-0.15, -0.1) is 5.10 Å². The highest BCUT2D eigenvalue weighted by Crippen LogP contribution is 2.34. The van der Waals surface area contributed by atoms with Gasteiger partial charge in [0.2, 0.25) is 11.1 Å². The van der Waals surface area contributed by atoms with Crippen molar-refractivity contribution >= 4 is 23.4 Å². The third kappa shape index (κ3) is 3.40. The van der Waals surface area contributed by atoms with E-state index in [0.717, 1.165) is 43.5 Å². The smallest absolute Gasteiger partial charge is 0.253 e. The fourth-order valence-corrected chi connectivity index (χ4v) is 4.39. The van der Waals surface area contributed by atoms with Crippen molar-refractivity contribution in [3.63, 3.8) is 0 Å². The van der Waals surface area contributed by atoms with Crippen LogP contribution in [0.1, 0.15) is 50.4 Å². The van der Waals surface area contributed by atoms with E-state index in [4.69, 9.17) is 0 Å². The largest absolute Gasteiger partial charge is 0.326 e. The van der Waals surface area contributed by atoms with Crippen molar-refractivity contribution < 1.29 is 4.79 Å². The van der Waals surface area contributed by atoms with Crippen LogP contribution < -0.4 is 0 Å². The molecule has 7 nitrogen and oxygen atoms in total. The van der Waals surface area contributed by atoms with Crippen LogP contribution in [0.3, 0.4) is 0 Å². The zero-order valence-electron chi connectivity index (χ0n) is 15.7. The summed E-state index contributed by atoms with van der Waals surface area (Å²) in [7, 11) is 1.75. The van der Waals surface area contributed by atoms with Gasteiger partial charge >= 0.3 is 0 Å². The van der Waals surface area contributed by atoms with Crippen molar-refractivity contribution in [1.82, 2.24) is 24.5 Å². The van der Waals surface area contributed by atoms with Crippen LogP contribution in [0.4, 0.5) is 0 Å². The molecule has 1 unspecified atom stereocenters. The number of fused-ring (bicyclic) bond motifs is 1. The van der Waals surface area contributed by atoms with Gasteiger partial charge in [0.1, 0.15) is 5.54 Å². The number of rotatable bonds is 4. The normalized spacial score (nSPS) is 17.7. The number of aromatic nitrogens is 4. The van der Waals surface area contributed by atoms with E-state index in [1.165, 1.54) is 11.8 Å². The van der Waals surface area contributed by atoms with Gasteiger partial charge in [0.05, 0.1) is 11.3 Å². The molecule has 1 saturated carbocycles. The Bertz CT molecular complexity index is 864. The van der Waals surface area contributed by atoms with E-state index in [9.17, 15) is 10.1 Å². The average Bonchev–Trinajstić information content (AvgIpc) is 3.03. The van der Waals surface area contributed by atoms with E-state index in [0.29, 0.717) is 10.9 Å².